The molecule has 5 heteroatoms. The van der Waals surface area contributed by atoms with Crippen molar-refractivity contribution in [2.45, 2.75) is 25.3 Å². The Labute approximate surface area is 168 Å². The first-order valence-electron chi connectivity index (χ1n) is 8.54. The molecule has 0 aliphatic heterocycles. The number of hydrogen-bond donors (Lipinski definition) is 1. The van der Waals surface area contributed by atoms with Crippen LogP contribution in [-0.2, 0) is 6.54 Å². The maximum Gasteiger partial charge on any atom is 0.163 e. The third-order valence-corrected chi connectivity index (χ3v) is 5.59. The van der Waals surface area contributed by atoms with E-state index in [1.54, 1.807) is 6.07 Å². The second-order valence-corrected chi connectivity index (χ2v) is 7.76. The van der Waals surface area contributed by atoms with E-state index in [4.69, 9.17) is 11.6 Å². The zero-order valence-electron chi connectivity index (χ0n) is 15.1. The summed E-state index contributed by atoms with van der Waals surface area (Å²) in [5, 5.41) is 11.2. The molecule has 3 nitrogen and oxygen atoms in total. The van der Waals surface area contributed by atoms with Crippen LogP contribution in [0.25, 0.3) is 0 Å². The average molecular weight is 398 g/mol. The number of rotatable bonds is 6. The van der Waals surface area contributed by atoms with E-state index in [-0.39, 0.29) is 17.1 Å². The number of benzene rings is 3. The van der Waals surface area contributed by atoms with Crippen LogP contribution < -0.4 is 4.31 Å². The summed E-state index contributed by atoms with van der Waals surface area (Å²) in [4.78, 5) is 13.0. The third-order valence-electron chi connectivity index (χ3n) is 4.17. The monoisotopic (exact) mass is 397 g/mol. The van der Waals surface area contributed by atoms with Crippen LogP contribution in [0.5, 0.6) is 5.75 Å². The van der Waals surface area contributed by atoms with Crippen LogP contribution in [0.15, 0.2) is 71.6 Å². The number of aromatic hydroxyl groups is 1. The Kier molecular flexibility index (Phi) is 6.09. The van der Waals surface area contributed by atoms with Crippen LogP contribution in [0.1, 0.15) is 28.4 Å². The molecule has 0 bridgehead atoms. The fourth-order valence-electron chi connectivity index (χ4n) is 2.74. The summed E-state index contributed by atoms with van der Waals surface area (Å²) in [7, 11) is 0. The minimum absolute atomic E-state index is 0.0519. The molecule has 3 aromatic carbocycles. The van der Waals surface area contributed by atoms with Gasteiger partial charge in [0, 0.05) is 9.92 Å². The van der Waals surface area contributed by atoms with Crippen molar-refractivity contribution in [1.82, 2.24) is 0 Å². The van der Waals surface area contributed by atoms with Gasteiger partial charge < -0.3 is 9.41 Å². The first kappa shape index (κ1) is 19.3. The van der Waals surface area contributed by atoms with Gasteiger partial charge in [-0.2, -0.15) is 0 Å². The Morgan fingerprint density at radius 2 is 1.74 bits per heavy atom. The van der Waals surface area contributed by atoms with Gasteiger partial charge in [-0.25, -0.2) is 0 Å². The van der Waals surface area contributed by atoms with E-state index in [2.05, 4.69) is 0 Å². The highest BCUT2D eigenvalue weighted by molar-refractivity contribution is 8.00. The largest absolute Gasteiger partial charge is 0.505 e. The van der Waals surface area contributed by atoms with E-state index in [9.17, 15) is 9.90 Å². The first-order chi connectivity index (χ1) is 13.0. The summed E-state index contributed by atoms with van der Waals surface area (Å²) in [6.45, 7) is 4.01. The van der Waals surface area contributed by atoms with Gasteiger partial charge >= 0.3 is 0 Å². The highest BCUT2D eigenvalue weighted by Gasteiger charge is 2.20. The number of carbonyl (C=O) groups is 1. The normalized spacial score (nSPS) is 10.6. The zero-order chi connectivity index (χ0) is 19.4. The first-order valence-corrected chi connectivity index (χ1v) is 9.69. The lowest BCUT2D eigenvalue weighted by atomic mass is 10.1. The fraction of sp³-hybridized carbons (Fsp3) is 0.136. The second-order valence-electron chi connectivity index (χ2n) is 6.26. The summed E-state index contributed by atoms with van der Waals surface area (Å²) in [6.07, 6.45) is 0. The zero-order valence-corrected chi connectivity index (χ0v) is 16.7. The van der Waals surface area contributed by atoms with Gasteiger partial charge in [0.15, 0.2) is 11.5 Å². The Morgan fingerprint density at radius 3 is 2.41 bits per heavy atom. The van der Waals surface area contributed by atoms with Crippen LogP contribution in [0.4, 0.5) is 5.69 Å². The highest BCUT2D eigenvalue weighted by Crippen LogP contribution is 2.41. The summed E-state index contributed by atoms with van der Waals surface area (Å²) < 4.78 is 1.96. The molecule has 0 unspecified atom stereocenters. The summed E-state index contributed by atoms with van der Waals surface area (Å²) >= 11 is 7.76. The maximum atomic E-state index is 11.9. The molecule has 0 aliphatic rings. The van der Waals surface area contributed by atoms with Gasteiger partial charge in [-0.15, -0.1) is 0 Å². The van der Waals surface area contributed by atoms with Crippen molar-refractivity contribution in [1.29, 1.82) is 0 Å². The van der Waals surface area contributed by atoms with Crippen LogP contribution in [0.3, 0.4) is 0 Å². The van der Waals surface area contributed by atoms with E-state index >= 15 is 0 Å². The van der Waals surface area contributed by atoms with Gasteiger partial charge in [0.1, 0.15) is 0 Å². The number of carbonyl (C=O) groups excluding carboxylic acids is 1. The van der Waals surface area contributed by atoms with Gasteiger partial charge in [-0.1, -0.05) is 60.1 Å². The quantitative estimate of drug-likeness (QED) is 0.393. The number of nitrogens with zero attached hydrogens (tertiary/aromatic N) is 1. The van der Waals surface area contributed by atoms with Crippen LogP contribution in [-0.4, -0.2) is 10.9 Å². The molecule has 0 aromatic heterocycles. The Bertz CT molecular complexity index is 960. The van der Waals surface area contributed by atoms with E-state index in [1.807, 2.05) is 65.8 Å². The number of Topliss-reactive ketones (excluding diaryl/α,β-unsaturated/α-hetero) is 1. The molecular weight excluding hydrogens is 378 g/mol. The highest BCUT2D eigenvalue weighted by atomic mass is 35.5. The maximum absolute atomic E-state index is 11.9. The summed E-state index contributed by atoms with van der Waals surface area (Å²) in [6, 6.07) is 21.2. The molecule has 3 rings (SSSR count). The smallest absolute Gasteiger partial charge is 0.163 e. The van der Waals surface area contributed by atoms with Crippen molar-refractivity contribution >= 4 is 35.0 Å². The Hall–Kier alpha value is -2.43. The topological polar surface area (TPSA) is 40.5 Å². The van der Waals surface area contributed by atoms with Crippen molar-refractivity contribution in [2.24, 2.45) is 0 Å². The molecule has 1 N–H and O–H groups in total. The van der Waals surface area contributed by atoms with Crippen LogP contribution >= 0.6 is 23.5 Å². The lowest BCUT2D eigenvalue weighted by Gasteiger charge is -2.26. The lowest BCUT2D eigenvalue weighted by Crippen LogP contribution is -2.15. The number of aryl methyl sites for hydroxylation is 1. The minimum atomic E-state index is -0.225. The predicted molar refractivity (Wildman–Crippen MR) is 113 cm³/mol. The van der Waals surface area contributed by atoms with Gasteiger partial charge in [-0.3, -0.25) is 4.79 Å². The number of ketones is 1. The lowest BCUT2D eigenvalue weighted by molar-refractivity contribution is 0.101. The Morgan fingerprint density at radius 1 is 1.07 bits per heavy atom. The van der Waals surface area contributed by atoms with E-state index in [0.29, 0.717) is 17.3 Å². The number of halogens is 1. The van der Waals surface area contributed by atoms with Gasteiger partial charge in [0.05, 0.1) is 17.8 Å². The molecule has 3 aromatic rings. The molecule has 0 radical (unpaired) electrons. The molecule has 0 fully saturated rings. The standard InChI is InChI=1S/C22H20ClNO2S/c1-15-8-6-7-11-21(15)27-24(14-17-9-4-3-5-10-17)20-13-18(23)12-19(16(2)25)22(20)26/h3-13,26H,14H2,1-2H3. The molecule has 27 heavy (non-hydrogen) atoms. The molecule has 0 amide bonds. The van der Waals surface area contributed by atoms with Gasteiger partial charge in [0.2, 0.25) is 0 Å². The molecule has 138 valence electrons. The Balaban J connectivity index is 2.07. The molecule has 0 saturated carbocycles. The van der Waals surface area contributed by atoms with Crippen LogP contribution in [0.2, 0.25) is 5.02 Å². The van der Waals surface area contributed by atoms with Crippen molar-refractivity contribution in [3.63, 3.8) is 0 Å². The minimum Gasteiger partial charge on any atom is -0.505 e. The van der Waals surface area contributed by atoms with E-state index in [1.165, 1.54) is 24.9 Å². The van der Waals surface area contributed by atoms with Gasteiger partial charge in [0.25, 0.3) is 0 Å². The average Bonchev–Trinajstić information content (AvgIpc) is 2.65. The SMILES string of the molecule is CC(=O)c1cc(Cl)cc(N(Cc2ccccc2)Sc2ccccc2C)c1O. The molecule has 0 saturated heterocycles. The number of anilines is 1. The van der Waals surface area contributed by atoms with Gasteiger partial charge in [-0.05, 0) is 55.1 Å². The molecule has 0 spiro atoms. The molecule has 0 atom stereocenters. The van der Waals surface area contributed by atoms with E-state index in [0.717, 1.165) is 16.0 Å². The number of phenols is 1. The van der Waals surface area contributed by atoms with Crippen molar-refractivity contribution < 1.29 is 9.90 Å². The van der Waals surface area contributed by atoms with Crippen molar-refractivity contribution in [2.75, 3.05) is 4.31 Å². The fourth-order valence-corrected chi connectivity index (χ4v) is 3.99. The van der Waals surface area contributed by atoms with Crippen molar-refractivity contribution in [3.05, 3.63) is 88.4 Å². The van der Waals surface area contributed by atoms with E-state index < -0.39 is 0 Å². The summed E-state index contributed by atoms with van der Waals surface area (Å²) in [5.41, 5.74) is 2.96. The second kappa shape index (κ2) is 8.51. The third kappa shape index (κ3) is 4.65. The number of hydrogen-bond acceptors (Lipinski definition) is 4. The van der Waals surface area contributed by atoms with Crippen molar-refractivity contribution in [3.8, 4) is 5.75 Å². The molecule has 0 heterocycles. The predicted octanol–water partition coefficient (Wildman–Crippen LogP) is 6.27. The molecule has 0 aliphatic carbocycles. The molecular formula is C22H20ClNO2S. The summed E-state index contributed by atoms with van der Waals surface area (Å²) in [5.74, 6) is -0.277. The van der Waals surface area contributed by atoms with Crippen LogP contribution in [0, 0.1) is 6.92 Å². The number of phenolic OH excluding ortho intramolecular Hbond substituents is 1.